The number of thioether (sulfide) groups is 1. The number of pyridine rings is 1. The predicted octanol–water partition coefficient (Wildman–Crippen LogP) is 4.10. The van der Waals surface area contributed by atoms with Crippen LogP contribution in [0.4, 0.5) is 5.69 Å². The van der Waals surface area contributed by atoms with Crippen LogP contribution in [-0.4, -0.2) is 22.4 Å². The zero-order valence-corrected chi connectivity index (χ0v) is 12.6. The van der Waals surface area contributed by atoms with Gasteiger partial charge >= 0.3 is 0 Å². The minimum atomic E-state index is 0.0808. The monoisotopic (exact) mass is 288 g/mol. The van der Waals surface area contributed by atoms with Crippen molar-refractivity contribution < 1.29 is 4.79 Å². The highest BCUT2D eigenvalue weighted by Gasteiger charge is 2.03. The third-order valence-corrected chi connectivity index (χ3v) is 4.07. The van der Waals surface area contributed by atoms with E-state index in [1.54, 1.807) is 6.20 Å². The highest BCUT2D eigenvalue weighted by Crippen LogP contribution is 2.17. The van der Waals surface area contributed by atoms with Gasteiger partial charge in [0, 0.05) is 29.4 Å². The van der Waals surface area contributed by atoms with Crippen LogP contribution in [0.1, 0.15) is 26.2 Å². The molecule has 1 aromatic heterocycles. The molecule has 0 aliphatic heterocycles. The predicted molar refractivity (Wildman–Crippen MR) is 87.2 cm³/mol. The fourth-order valence-corrected chi connectivity index (χ4v) is 2.92. The van der Waals surface area contributed by atoms with E-state index in [9.17, 15) is 4.79 Å². The summed E-state index contributed by atoms with van der Waals surface area (Å²) in [5.41, 5.74) is 1.79. The molecule has 2 rings (SSSR count). The molecule has 0 fully saturated rings. The van der Waals surface area contributed by atoms with Crippen molar-refractivity contribution in [3.8, 4) is 0 Å². The molecule has 3 nitrogen and oxygen atoms in total. The standard InChI is InChI=1S/C16H20N2OS/c1-2-3-10-20-11-8-16(19)18-14-6-7-15-13(12-14)5-4-9-17-15/h4-7,9,12H,2-3,8,10-11H2,1H3,(H,18,19). The molecule has 4 heteroatoms. The summed E-state index contributed by atoms with van der Waals surface area (Å²) >= 11 is 1.85. The summed E-state index contributed by atoms with van der Waals surface area (Å²) in [7, 11) is 0. The van der Waals surface area contributed by atoms with Crippen LogP contribution in [-0.2, 0) is 4.79 Å². The van der Waals surface area contributed by atoms with E-state index in [4.69, 9.17) is 0 Å². The summed E-state index contributed by atoms with van der Waals surface area (Å²) in [4.78, 5) is 16.1. The first-order valence-corrected chi connectivity index (χ1v) is 8.17. The van der Waals surface area contributed by atoms with Gasteiger partial charge in [-0.3, -0.25) is 9.78 Å². The van der Waals surface area contributed by atoms with Crippen LogP contribution in [0.2, 0.25) is 0 Å². The lowest BCUT2D eigenvalue weighted by Gasteiger charge is -2.06. The molecule has 106 valence electrons. The maximum Gasteiger partial charge on any atom is 0.225 e. The Balaban J connectivity index is 1.83. The molecular formula is C16H20N2OS. The number of anilines is 1. The molecule has 1 amide bonds. The van der Waals surface area contributed by atoms with Gasteiger partial charge in [0.15, 0.2) is 0 Å². The Morgan fingerprint density at radius 2 is 2.20 bits per heavy atom. The zero-order valence-electron chi connectivity index (χ0n) is 11.8. The Labute approximate surface area is 124 Å². The first-order chi connectivity index (χ1) is 9.79. The van der Waals surface area contributed by atoms with Crippen molar-refractivity contribution in [1.29, 1.82) is 0 Å². The Bertz CT molecular complexity index is 571. The number of carbonyl (C=O) groups is 1. The third kappa shape index (κ3) is 4.53. The van der Waals surface area contributed by atoms with Crippen molar-refractivity contribution >= 4 is 34.3 Å². The first-order valence-electron chi connectivity index (χ1n) is 7.02. The van der Waals surface area contributed by atoms with Crippen molar-refractivity contribution in [2.75, 3.05) is 16.8 Å². The number of carbonyl (C=O) groups excluding carboxylic acids is 1. The maximum atomic E-state index is 11.8. The van der Waals surface area contributed by atoms with Crippen LogP contribution in [0, 0.1) is 0 Å². The molecule has 0 radical (unpaired) electrons. The maximum absolute atomic E-state index is 11.8. The number of fused-ring (bicyclic) bond motifs is 1. The number of hydrogen-bond acceptors (Lipinski definition) is 3. The van der Waals surface area contributed by atoms with Gasteiger partial charge in [0.25, 0.3) is 0 Å². The van der Waals surface area contributed by atoms with Crippen molar-refractivity contribution in [2.45, 2.75) is 26.2 Å². The van der Waals surface area contributed by atoms with Gasteiger partial charge < -0.3 is 5.32 Å². The van der Waals surface area contributed by atoms with Gasteiger partial charge in [-0.15, -0.1) is 0 Å². The molecule has 1 heterocycles. The Morgan fingerprint density at radius 3 is 3.05 bits per heavy atom. The zero-order chi connectivity index (χ0) is 14.2. The summed E-state index contributed by atoms with van der Waals surface area (Å²) in [6, 6.07) is 9.69. The highest BCUT2D eigenvalue weighted by atomic mass is 32.2. The number of unbranched alkanes of at least 4 members (excludes halogenated alkanes) is 1. The molecule has 0 saturated carbocycles. The van der Waals surface area contributed by atoms with Gasteiger partial charge in [0.1, 0.15) is 0 Å². The molecule has 0 atom stereocenters. The second-order valence-corrected chi connectivity index (χ2v) is 5.90. The summed E-state index contributed by atoms with van der Waals surface area (Å²) in [5.74, 6) is 2.11. The Kier molecular flexibility index (Phi) is 5.87. The molecule has 20 heavy (non-hydrogen) atoms. The number of benzene rings is 1. The molecule has 2 aromatic rings. The van der Waals surface area contributed by atoms with E-state index >= 15 is 0 Å². The van der Waals surface area contributed by atoms with Crippen molar-refractivity contribution in [3.63, 3.8) is 0 Å². The van der Waals surface area contributed by atoms with Gasteiger partial charge in [-0.2, -0.15) is 11.8 Å². The number of rotatable bonds is 7. The van der Waals surface area contributed by atoms with Crippen LogP contribution in [0.25, 0.3) is 10.9 Å². The van der Waals surface area contributed by atoms with Gasteiger partial charge in [0.2, 0.25) is 5.91 Å². The van der Waals surface area contributed by atoms with Gasteiger partial charge in [0.05, 0.1) is 5.52 Å². The Hall–Kier alpha value is -1.55. The lowest BCUT2D eigenvalue weighted by Crippen LogP contribution is -2.12. The normalized spacial score (nSPS) is 10.7. The fourth-order valence-electron chi connectivity index (χ4n) is 1.89. The van der Waals surface area contributed by atoms with Crippen LogP contribution >= 0.6 is 11.8 Å². The number of aromatic nitrogens is 1. The SMILES string of the molecule is CCCCSCCC(=O)Nc1ccc2ncccc2c1. The van der Waals surface area contributed by atoms with Crippen LogP contribution in [0.15, 0.2) is 36.5 Å². The molecule has 1 aromatic carbocycles. The minimum absolute atomic E-state index is 0.0808. The molecule has 0 saturated heterocycles. The lowest BCUT2D eigenvalue weighted by molar-refractivity contribution is -0.115. The summed E-state index contributed by atoms with van der Waals surface area (Å²) in [5, 5.41) is 3.99. The largest absolute Gasteiger partial charge is 0.326 e. The molecule has 1 N–H and O–H groups in total. The van der Waals surface area contributed by atoms with Crippen molar-refractivity contribution in [1.82, 2.24) is 4.98 Å². The highest BCUT2D eigenvalue weighted by molar-refractivity contribution is 7.99. The second-order valence-electron chi connectivity index (χ2n) is 4.67. The van der Waals surface area contributed by atoms with Crippen molar-refractivity contribution in [3.05, 3.63) is 36.5 Å². The van der Waals surface area contributed by atoms with E-state index in [-0.39, 0.29) is 5.91 Å². The smallest absolute Gasteiger partial charge is 0.225 e. The summed E-state index contributed by atoms with van der Waals surface area (Å²) in [6.45, 7) is 2.18. The van der Waals surface area contributed by atoms with E-state index in [1.807, 2.05) is 42.1 Å². The average molecular weight is 288 g/mol. The van der Waals surface area contributed by atoms with Gasteiger partial charge in [-0.1, -0.05) is 19.4 Å². The third-order valence-electron chi connectivity index (χ3n) is 3.00. The molecular weight excluding hydrogens is 268 g/mol. The van der Waals surface area contributed by atoms with Crippen LogP contribution < -0.4 is 5.32 Å². The van der Waals surface area contributed by atoms with E-state index < -0.39 is 0 Å². The fraction of sp³-hybridized carbons (Fsp3) is 0.375. The van der Waals surface area contributed by atoms with E-state index in [0.717, 1.165) is 28.1 Å². The van der Waals surface area contributed by atoms with Crippen LogP contribution in [0.5, 0.6) is 0 Å². The number of nitrogens with one attached hydrogen (secondary N) is 1. The number of amides is 1. The molecule has 0 bridgehead atoms. The number of hydrogen-bond donors (Lipinski definition) is 1. The summed E-state index contributed by atoms with van der Waals surface area (Å²) < 4.78 is 0. The Morgan fingerprint density at radius 1 is 1.30 bits per heavy atom. The van der Waals surface area contributed by atoms with E-state index in [2.05, 4.69) is 17.2 Å². The second kappa shape index (κ2) is 7.90. The van der Waals surface area contributed by atoms with Gasteiger partial charge in [-0.05, 0) is 36.4 Å². The van der Waals surface area contributed by atoms with Crippen molar-refractivity contribution in [2.24, 2.45) is 0 Å². The van der Waals surface area contributed by atoms with Gasteiger partial charge in [-0.25, -0.2) is 0 Å². The topological polar surface area (TPSA) is 42.0 Å². The van der Waals surface area contributed by atoms with Crippen LogP contribution in [0.3, 0.4) is 0 Å². The molecule has 0 unspecified atom stereocenters. The van der Waals surface area contributed by atoms with E-state index in [0.29, 0.717) is 6.42 Å². The number of nitrogens with zero attached hydrogens (tertiary/aromatic N) is 1. The van der Waals surface area contributed by atoms with E-state index in [1.165, 1.54) is 12.8 Å². The minimum Gasteiger partial charge on any atom is -0.326 e. The molecule has 0 aliphatic rings. The lowest BCUT2D eigenvalue weighted by atomic mass is 10.2. The molecule has 0 spiro atoms. The quantitative estimate of drug-likeness (QED) is 0.780. The first kappa shape index (κ1) is 14.9. The average Bonchev–Trinajstić information content (AvgIpc) is 2.47. The molecule has 0 aliphatic carbocycles. The summed E-state index contributed by atoms with van der Waals surface area (Å²) in [6.07, 6.45) is 4.78.